The summed E-state index contributed by atoms with van der Waals surface area (Å²) in [7, 11) is 0. The largest absolute Gasteiger partial charge is 0.416 e. The van der Waals surface area contributed by atoms with Crippen molar-refractivity contribution >= 4 is 23.3 Å². The number of aryl methyl sites for hydroxylation is 1. The molecule has 9 heteroatoms. The van der Waals surface area contributed by atoms with Crippen LogP contribution in [0.1, 0.15) is 27.9 Å². The Kier molecular flexibility index (Phi) is 6.19. The Balaban J connectivity index is 1.76. The highest BCUT2D eigenvalue weighted by Crippen LogP contribution is 2.29. The second kappa shape index (κ2) is 8.15. The summed E-state index contributed by atoms with van der Waals surface area (Å²) in [6.07, 6.45) is -2.21. The summed E-state index contributed by atoms with van der Waals surface area (Å²) in [5.74, 6) is 0.198. The molecular formula is C16H16ClF3N4O. The number of carbonyl (C=O) groups is 1. The maximum atomic E-state index is 12.5. The number of hydrogen-bond acceptors (Lipinski definition) is 4. The predicted molar refractivity (Wildman–Crippen MR) is 88.7 cm³/mol. The quantitative estimate of drug-likeness (QED) is 0.599. The van der Waals surface area contributed by atoms with Gasteiger partial charge in [-0.15, -0.1) is 0 Å². The highest BCUT2D eigenvalue weighted by Gasteiger charge is 2.30. The molecule has 134 valence electrons. The zero-order valence-electron chi connectivity index (χ0n) is 13.3. The van der Waals surface area contributed by atoms with E-state index in [4.69, 9.17) is 11.6 Å². The van der Waals surface area contributed by atoms with Crippen molar-refractivity contribution in [3.05, 3.63) is 52.4 Å². The van der Waals surface area contributed by atoms with Crippen LogP contribution in [-0.4, -0.2) is 29.0 Å². The lowest BCUT2D eigenvalue weighted by atomic mass is 10.1. The van der Waals surface area contributed by atoms with Gasteiger partial charge in [-0.25, -0.2) is 9.97 Å². The SMILES string of the molecule is Cc1cnc(Cl)nc1NCCCNC(=O)c1ccc(C(F)(F)F)cc1. The first-order valence-electron chi connectivity index (χ1n) is 7.46. The number of alkyl halides is 3. The molecule has 2 aromatic rings. The number of nitrogens with zero attached hydrogens (tertiary/aromatic N) is 2. The number of nitrogens with one attached hydrogen (secondary N) is 2. The number of benzene rings is 1. The molecule has 0 fully saturated rings. The van der Waals surface area contributed by atoms with Gasteiger partial charge in [-0.1, -0.05) is 0 Å². The molecule has 1 aromatic heterocycles. The molecule has 0 spiro atoms. The molecule has 0 aliphatic carbocycles. The van der Waals surface area contributed by atoms with E-state index >= 15 is 0 Å². The minimum absolute atomic E-state index is 0.142. The van der Waals surface area contributed by atoms with E-state index in [2.05, 4.69) is 20.6 Å². The van der Waals surface area contributed by atoms with Gasteiger partial charge in [0.15, 0.2) is 0 Å². The van der Waals surface area contributed by atoms with Crippen LogP contribution in [0.2, 0.25) is 5.28 Å². The molecule has 0 saturated carbocycles. The van der Waals surface area contributed by atoms with Crippen molar-refractivity contribution in [2.24, 2.45) is 0 Å². The fraction of sp³-hybridized carbons (Fsp3) is 0.312. The van der Waals surface area contributed by atoms with E-state index in [1.165, 1.54) is 0 Å². The summed E-state index contributed by atoms with van der Waals surface area (Å²) in [5, 5.41) is 5.87. The summed E-state index contributed by atoms with van der Waals surface area (Å²) < 4.78 is 37.4. The van der Waals surface area contributed by atoms with Crippen LogP contribution >= 0.6 is 11.6 Å². The normalized spacial score (nSPS) is 11.2. The van der Waals surface area contributed by atoms with E-state index in [1.807, 2.05) is 6.92 Å². The fourth-order valence-corrected chi connectivity index (χ4v) is 2.14. The van der Waals surface area contributed by atoms with Crippen LogP contribution in [0, 0.1) is 6.92 Å². The number of rotatable bonds is 6. The number of anilines is 1. The van der Waals surface area contributed by atoms with Gasteiger partial charge >= 0.3 is 6.18 Å². The van der Waals surface area contributed by atoms with Gasteiger partial charge < -0.3 is 10.6 Å². The first-order valence-corrected chi connectivity index (χ1v) is 7.83. The maximum absolute atomic E-state index is 12.5. The number of amides is 1. The monoisotopic (exact) mass is 372 g/mol. The van der Waals surface area contributed by atoms with Gasteiger partial charge in [-0.2, -0.15) is 13.2 Å². The molecule has 0 atom stereocenters. The number of hydrogen-bond donors (Lipinski definition) is 2. The third-order valence-corrected chi connectivity index (χ3v) is 3.53. The van der Waals surface area contributed by atoms with Crippen molar-refractivity contribution in [2.45, 2.75) is 19.5 Å². The van der Waals surface area contributed by atoms with Crippen LogP contribution in [0.3, 0.4) is 0 Å². The third-order valence-electron chi connectivity index (χ3n) is 3.35. The molecule has 2 rings (SSSR count). The number of carbonyl (C=O) groups excluding carboxylic acids is 1. The second-order valence-electron chi connectivity index (χ2n) is 5.28. The van der Waals surface area contributed by atoms with Gasteiger partial charge in [0.2, 0.25) is 5.28 Å². The fourth-order valence-electron chi connectivity index (χ4n) is 2.01. The second-order valence-corrected chi connectivity index (χ2v) is 5.62. The van der Waals surface area contributed by atoms with Crippen LogP contribution < -0.4 is 10.6 Å². The van der Waals surface area contributed by atoms with Crippen LogP contribution in [0.5, 0.6) is 0 Å². The summed E-state index contributed by atoms with van der Waals surface area (Å²) in [5.41, 5.74) is 0.240. The molecule has 2 N–H and O–H groups in total. The third kappa shape index (κ3) is 5.60. The maximum Gasteiger partial charge on any atom is 0.416 e. The van der Waals surface area contributed by atoms with E-state index in [1.54, 1.807) is 6.20 Å². The topological polar surface area (TPSA) is 66.9 Å². The van der Waals surface area contributed by atoms with Gasteiger partial charge in [-0.05, 0) is 49.2 Å². The molecule has 5 nitrogen and oxygen atoms in total. The van der Waals surface area contributed by atoms with Crippen LogP contribution in [-0.2, 0) is 6.18 Å². The van der Waals surface area contributed by atoms with Gasteiger partial charge in [0, 0.05) is 30.4 Å². The van der Waals surface area contributed by atoms with Crippen LogP contribution in [0.25, 0.3) is 0 Å². The summed E-state index contributed by atoms with van der Waals surface area (Å²) >= 11 is 5.72. The highest BCUT2D eigenvalue weighted by molar-refractivity contribution is 6.28. The summed E-state index contributed by atoms with van der Waals surface area (Å²) in [6, 6.07) is 4.08. The molecule has 1 amide bonds. The Morgan fingerprint density at radius 3 is 2.52 bits per heavy atom. The van der Waals surface area contributed by atoms with Crippen molar-refractivity contribution < 1.29 is 18.0 Å². The number of aromatic nitrogens is 2. The molecule has 0 aliphatic rings. The minimum atomic E-state index is -4.41. The molecule has 1 aromatic carbocycles. The average Bonchev–Trinajstić information content (AvgIpc) is 2.56. The zero-order chi connectivity index (χ0) is 18.4. The van der Waals surface area contributed by atoms with Crippen LogP contribution in [0.4, 0.5) is 19.0 Å². The van der Waals surface area contributed by atoms with E-state index in [-0.39, 0.29) is 10.8 Å². The van der Waals surface area contributed by atoms with E-state index < -0.39 is 17.6 Å². The lowest BCUT2D eigenvalue weighted by Gasteiger charge is -2.10. The van der Waals surface area contributed by atoms with E-state index in [9.17, 15) is 18.0 Å². The molecule has 25 heavy (non-hydrogen) atoms. The van der Waals surface area contributed by atoms with Gasteiger partial charge in [0.05, 0.1) is 5.56 Å². The standard InChI is InChI=1S/C16H16ClF3N4O/c1-10-9-23-15(17)24-13(10)21-7-2-8-22-14(25)11-3-5-12(6-4-11)16(18,19)20/h3-6,9H,2,7-8H2,1H3,(H,22,25)(H,21,23,24). The first-order chi connectivity index (χ1) is 11.8. The minimum Gasteiger partial charge on any atom is -0.370 e. The first kappa shape index (κ1) is 19.0. The van der Waals surface area contributed by atoms with Gasteiger partial charge in [0.1, 0.15) is 5.82 Å². The Labute approximate surface area is 147 Å². The Morgan fingerprint density at radius 1 is 1.20 bits per heavy atom. The molecular weight excluding hydrogens is 357 g/mol. The average molecular weight is 373 g/mol. The van der Waals surface area contributed by atoms with E-state index in [0.29, 0.717) is 25.3 Å². The van der Waals surface area contributed by atoms with Gasteiger partial charge in [-0.3, -0.25) is 4.79 Å². The Hall–Kier alpha value is -2.35. The number of halogens is 4. The van der Waals surface area contributed by atoms with Crippen molar-refractivity contribution in [3.63, 3.8) is 0 Å². The Morgan fingerprint density at radius 2 is 1.88 bits per heavy atom. The van der Waals surface area contributed by atoms with E-state index in [0.717, 1.165) is 29.8 Å². The van der Waals surface area contributed by atoms with Crippen molar-refractivity contribution in [1.82, 2.24) is 15.3 Å². The lowest BCUT2D eigenvalue weighted by Crippen LogP contribution is -2.26. The summed E-state index contributed by atoms with van der Waals surface area (Å²) in [4.78, 5) is 19.8. The zero-order valence-corrected chi connectivity index (χ0v) is 14.1. The summed E-state index contributed by atoms with van der Waals surface area (Å²) in [6.45, 7) is 2.75. The molecule has 0 unspecified atom stereocenters. The van der Waals surface area contributed by atoms with Crippen molar-refractivity contribution in [1.29, 1.82) is 0 Å². The molecule has 0 aliphatic heterocycles. The molecule has 0 bridgehead atoms. The van der Waals surface area contributed by atoms with Crippen molar-refractivity contribution in [2.75, 3.05) is 18.4 Å². The molecule has 0 radical (unpaired) electrons. The van der Waals surface area contributed by atoms with Gasteiger partial charge in [0.25, 0.3) is 5.91 Å². The Bertz CT molecular complexity index is 735. The highest BCUT2D eigenvalue weighted by atomic mass is 35.5. The van der Waals surface area contributed by atoms with Crippen LogP contribution in [0.15, 0.2) is 30.5 Å². The molecule has 1 heterocycles. The lowest BCUT2D eigenvalue weighted by molar-refractivity contribution is -0.137. The smallest absolute Gasteiger partial charge is 0.370 e. The van der Waals surface area contributed by atoms with Crippen molar-refractivity contribution in [3.8, 4) is 0 Å². The predicted octanol–water partition coefficient (Wildman–Crippen LogP) is 3.69. The molecule has 0 saturated heterocycles.